The number of carbonyl (C=O) groups is 1. The number of carboxylic acids is 1. The zero-order valence-electron chi connectivity index (χ0n) is 8.32. The molecule has 0 unspecified atom stereocenters. The third-order valence-corrected chi connectivity index (χ3v) is 1.50. The molecule has 0 amide bonds. The van der Waals surface area contributed by atoms with Crippen molar-refractivity contribution in [3.05, 3.63) is 42.0 Å². The first-order chi connectivity index (χ1) is 6.60. The van der Waals surface area contributed by atoms with E-state index in [2.05, 4.69) is 24.4 Å². The molecule has 1 aromatic carbocycles. The van der Waals surface area contributed by atoms with Gasteiger partial charge in [-0.3, -0.25) is 0 Å². The molecule has 0 aliphatic heterocycles. The number of carboxylic acid groups (broad SMARTS) is 1. The average Bonchev–Trinajstić information content (AvgIpc) is 2.17. The van der Waals surface area contributed by atoms with Gasteiger partial charge < -0.3 is 15.6 Å². The Hall–Kier alpha value is -1.61. The minimum absolute atomic E-state index is 0.859. The normalized spacial score (nSPS) is 8.43. The standard InChI is InChI=1S/C9H11N.C2H4O2/c1-2-8-3-5-9(7-10)6-4-8;1-2(3)4/h2-6H,1,7,10H2;1H3,(H,3,4). The average molecular weight is 193 g/mol. The maximum atomic E-state index is 8.89. The molecule has 76 valence electrons. The molecule has 0 heterocycles. The monoisotopic (exact) mass is 193 g/mol. The van der Waals surface area contributed by atoms with Crippen LogP contribution in [0.15, 0.2) is 30.8 Å². The van der Waals surface area contributed by atoms with Crippen molar-refractivity contribution < 1.29 is 15.6 Å². The summed E-state index contributed by atoms with van der Waals surface area (Å²) in [4.78, 5) is 8.89. The maximum Gasteiger partial charge on any atom is 0.0997 e. The van der Waals surface area contributed by atoms with E-state index in [0.29, 0.717) is 0 Å². The molecule has 1 aromatic rings. The zero-order chi connectivity index (χ0) is 11.0. The van der Waals surface area contributed by atoms with Crippen molar-refractivity contribution in [2.45, 2.75) is 13.5 Å². The summed E-state index contributed by atoms with van der Waals surface area (Å²) in [5.74, 6) is -1.08. The summed E-state index contributed by atoms with van der Waals surface area (Å²) < 4.78 is 0. The highest BCUT2D eigenvalue weighted by molar-refractivity contribution is 5.60. The van der Waals surface area contributed by atoms with E-state index in [1.165, 1.54) is 5.56 Å². The number of hydrogen-bond donors (Lipinski definition) is 1. The van der Waals surface area contributed by atoms with E-state index >= 15 is 0 Å². The second-order valence-electron chi connectivity index (χ2n) is 2.69. The highest BCUT2D eigenvalue weighted by Crippen LogP contribution is 2.03. The Morgan fingerprint density at radius 1 is 1.50 bits per heavy atom. The van der Waals surface area contributed by atoms with Crippen molar-refractivity contribution in [3.8, 4) is 0 Å². The Morgan fingerprint density at radius 2 is 1.93 bits per heavy atom. The molecule has 0 aliphatic rings. The van der Waals surface area contributed by atoms with Gasteiger partial charge in [0.2, 0.25) is 0 Å². The molecule has 3 heteroatoms. The van der Waals surface area contributed by atoms with Crippen LogP contribution in [0.25, 0.3) is 6.08 Å². The summed E-state index contributed by atoms with van der Waals surface area (Å²) in [5, 5.41) is 8.89. The summed E-state index contributed by atoms with van der Waals surface area (Å²) in [6.07, 6.45) is 1.84. The first kappa shape index (κ1) is 12.4. The largest absolute Gasteiger partial charge is 0.550 e. The fourth-order valence-corrected chi connectivity index (χ4v) is 0.820. The van der Waals surface area contributed by atoms with Crippen LogP contribution in [-0.4, -0.2) is 5.97 Å². The van der Waals surface area contributed by atoms with Gasteiger partial charge in [0.05, 0.1) is 6.54 Å². The molecule has 0 bridgehead atoms. The number of quaternary nitrogens is 1. The Labute approximate surface area is 83.9 Å². The van der Waals surface area contributed by atoms with Gasteiger partial charge in [-0.1, -0.05) is 36.9 Å². The number of rotatable bonds is 2. The van der Waals surface area contributed by atoms with Crippen molar-refractivity contribution >= 4 is 12.0 Å². The van der Waals surface area contributed by atoms with Gasteiger partial charge >= 0.3 is 0 Å². The molecule has 3 N–H and O–H groups in total. The SMILES string of the molecule is C=Cc1ccc(C[NH3+])cc1.CC(=O)[O-]. The topological polar surface area (TPSA) is 67.8 Å². The van der Waals surface area contributed by atoms with Crippen LogP contribution in [-0.2, 0) is 11.3 Å². The van der Waals surface area contributed by atoms with E-state index < -0.39 is 5.97 Å². The summed E-state index contributed by atoms with van der Waals surface area (Å²) in [5.41, 5.74) is 6.22. The molecule has 0 fully saturated rings. The Kier molecular flexibility index (Phi) is 6.07. The quantitative estimate of drug-likeness (QED) is 0.708. The van der Waals surface area contributed by atoms with E-state index in [0.717, 1.165) is 19.0 Å². The van der Waals surface area contributed by atoms with Gasteiger partial charge in [0.15, 0.2) is 0 Å². The predicted molar refractivity (Wildman–Crippen MR) is 53.8 cm³/mol. The van der Waals surface area contributed by atoms with E-state index in [1.54, 1.807) is 0 Å². The van der Waals surface area contributed by atoms with Crippen LogP contribution in [0.1, 0.15) is 18.1 Å². The second-order valence-corrected chi connectivity index (χ2v) is 2.69. The summed E-state index contributed by atoms with van der Waals surface area (Å²) in [6, 6.07) is 8.25. The predicted octanol–water partition coefficient (Wildman–Crippen LogP) is -0.172. The van der Waals surface area contributed by atoms with Gasteiger partial charge in [-0.15, -0.1) is 0 Å². The minimum Gasteiger partial charge on any atom is -0.550 e. The lowest BCUT2D eigenvalue weighted by Crippen LogP contribution is -2.47. The Morgan fingerprint density at radius 3 is 2.21 bits per heavy atom. The van der Waals surface area contributed by atoms with Gasteiger partial charge in [0.25, 0.3) is 0 Å². The molecule has 0 spiro atoms. The van der Waals surface area contributed by atoms with Crippen LogP contribution in [0.4, 0.5) is 0 Å². The first-order valence-corrected chi connectivity index (χ1v) is 4.28. The molecule has 0 saturated carbocycles. The van der Waals surface area contributed by atoms with Gasteiger partial charge in [-0.2, -0.15) is 0 Å². The number of carbonyl (C=O) groups excluding carboxylic acids is 1. The highest BCUT2D eigenvalue weighted by Gasteiger charge is 1.88. The summed E-state index contributed by atoms with van der Waals surface area (Å²) >= 11 is 0. The molecular formula is C11H15NO2. The number of benzene rings is 1. The van der Waals surface area contributed by atoms with Crippen molar-refractivity contribution in [1.29, 1.82) is 0 Å². The highest BCUT2D eigenvalue weighted by atomic mass is 16.4. The smallest absolute Gasteiger partial charge is 0.0997 e. The van der Waals surface area contributed by atoms with Gasteiger partial charge in [0, 0.05) is 11.5 Å². The molecule has 14 heavy (non-hydrogen) atoms. The van der Waals surface area contributed by atoms with Gasteiger partial charge in [-0.05, 0) is 12.5 Å². The van der Waals surface area contributed by atoms with E-state index in [-0.39, 0.29) is 0 Å². The third-order valence-electron chi connectivity index (χ3n) is 1.50. The molecule has 0 saturated heterocycles. The zero-order valence-corrected chi connectivity index (χ0v) is 8.32. The molecule has 3 nitrogen and oxygen atoms in total. The third kappa shape index (κ3) is 5.97. The van der Waals surface area contributed by atoms with E-state index in [4.69, 9.17) is 9.90 Å². The van der Waals surface area contributed by atoms with Crippen LogP contribution >= 0.6 is 0 Å². The van der Waals surface area contributed by atoms with Crippen molar-refractivity contribution in [1.82, 2.24) is 0 Å². The fourth-order valence-electron chi connectivity index (χ4n) is 0.820. The molecule has 1 rings (SSSR count). The summed E-state index contributed by atoms with van der Waals surface area (Å²) in [6.45, 7) is 5.50. The lowest BCUT2D eigenvalue weighted by atomic mass is 10.1. The van der Waals surface area contributed by atoms with Crippen molar-refractivity contribution in [3.63, 3.8) is 0 Å². The van der Waals surface area contributed by atoms with E-state index in [1.807, 2.05) is 18.2 Å². The second kappa shape index (κ2) is 6.86. The molecule has 0 aromatic heterocycles. The Bertz CT molecular complexity index is 287. The lowest BCUT2D eigenvalue weighted by Gasteiger charge is -1.93. The lowest BCUT2D eigenvalue weighted by molar-refractivity contribution is -0.386. The molecule has 0 aliphatic carbocycles. The van der Waals surface area contributed by atoms with Gasteiger partial charge in [-0.25, -0.2) is 0 Å². The molecule has 0 radical (unpaired) electrons. The minimum atomic E-state index is -1.08. The number of hydrogen-bond acceptors (Lipinski definition) is 2. The van der Waals surface area contributed by atoms with Crippen LogP contribution in [0, 0.1) is 0 Å². The maximum absolute atomic E-state index is 8.89. The fraction of sp³-hybridized carbons (Fsp3) is 0.182. The molecular weight excluding hydrogens is 178 g/mol. The number of aliphatic carboxylic acids is 1. The van der Waals surface area contributed by atoms with Crippen LogP contribution < -0.4 is 10.8 Å². The van der Waals surface area contributed by atoms with Gasteiger partial charge in [0.1, 0.15) is 0 Å². The molecule has 0 atom stereocenters. The van der Waals surface area contributed by atoms with Crippen molar-refractivity contribution in [2.75, 3.05) is 0 Å². The van der Waals surface area contributed by atoms with Crippen LogP contribution in [0.2, 0.25) is 0 Å². The van der Waals surface area contributed by atoms with E-state index in [9.17, 15) is 0 Å². The van der Waals surface area contributed by atoms with Crippen LogP contribution in [0.5, 0.6) is 0 Å². The van der Waals surface area contributed by atoms with Crippen molar-refractivity contribution in [2.24, 2.45) is 0 Å². The van der Waals surface area contributed by atoms with Crippen LogP contribution in [0.3, 0.4) is 0 Å². The summed E-state index contributed by atoms with van der Waals surface area (Å²) in [7, 11) is 0. The Balaban J connectivity index is 0.000000364. The first-order valence-electron chi connectivity index (χ1n) is 4.28.